The van der Waals surface area contributed by atoms with Gasteiger partial charge < -0.3 is 5.73 Å². The van der Waals surface area contributed by atoms with Gasteiger partial charge in [-0.05, 0) is 31.5 Å². The molecule has 0 saturated carbocycles. The van der Waals surface area contributed by atoms with Crippen LogP contribution in [0.25, 0.3) is 0 Å². The second kappa shape index (κ2) is 4.91. The number of halogens is 1. The van der Waals surface area contributed by atoms with E-state index in [4.69, 9.17) is 17.3 Å². The fourth-order valence-corrected chi connectivity index (χ4v) is 0.631. The molecule has 0 saturated heterocycles. The second-order valence-corrected chi connectivity index (χ2v) is 2.33. The van der Waals surface area contributed by atoms with Crippen LogP contribution < -0.4 is 5.73 Å². The average molecular weight is 175 g/mol. The largest absolute Gasteiger partial charge is 0.395 e. The zero-order valence-corrected chi connectivity index (χ0v) is 7.35. The van der Waals surface area contributed by atoms with Crippen LogP contribution >= 0.6 is 11.6 Å². The Morgan fingerprint density at radius 2 is 2.27 bits per heavy atom. The van der Waals surface area contributed by atoms with Gasteiger partial charge in [0.1, 0.15) is 0 Å². The molecule has 0 aliphatic rings. The fourth-order valence-electron chi connectivity index (χ4n) is 0.577. The van der Waals surface area contributed by atoms with Gasteiger partial charge in [0.25, 0.3) is 5.24 Å². The molecule has 11 heavy (non-hydrogen) atoms. The van der Waals surface area contributed by atoms with Gasteiger partial charge in [0.05, 0.1) is 5.70 Å². The molecule has 0 unspecified atom stereocenters. The van der Waals surface area contributed by atoms with E-state index in [1.54, 1.807) is 6.92 Å². The van der Waals surface area contributed by atoms with Crippen molar-refractivity contribution in [3.8, 4) is 0 Å². The van der Waals surface area contributed by atoms with Gasteiger partial charge in [0, 0.05) is 12.3 Å². The number of hydrogen-bond donors (Lipinski definition) is 1. The van der Waals surface area contributed by atoms with Gasteiger partial charge >= 0.3 is 0 Å². The van der Waals surface area contributed by atoms with Gasteiger partial charge in [-0.2, -0.15) is 0 Å². The molecule has 0 radical (unpaired) electrons. The van der Waals surface area contributed by atoms with Crippen molar-refractivity contribution in [1.82, 2.24) is 0 Å². The third-order valence-corrected chi connectivity index (χ3v) is 1.22. The Labute approximate surface area is 70.9 Å². The van der Waals surface area contributed by atoms with Crippen LogP contribution in [-0.2, 0) is 4.79 Å². The van der Waals surface area contributed by atoms with Crippen molar-refractivity contribution in [2.75, 3.05) is 6.54 Å². The third-order valence-electron chi connectivity index (χ3n) is 0.999. The lowest BCUT2D eigenvalue weighted by atomic mass is 10.3. The summed E-state index contributed by atoms with van der Waals surface area (Å²) < 4.78 is 0. The van der Waals surface area contributed by atoms with E-state index < -0.39 is 5.24 Å². The highest BCUT2D eigenvalue weighted by Gasteiger charge is 1.98. The predicted molar refractivity (Wildman–Crippen MR) is 46.8 cm³/mol. The van der Waals surface area contributed by atoms with Crippen LogP contribution in [0.4, 0.5) is 0 Å². The molecule has 0 rings (SSSR count). The van der Waals surface area contributed by atoms with E-state index in [1.165, 1.54) is 6.08 Å². The minimum atomic E-state index is -0.643. The van der Waals surface area contributed by atoms with Crippen LogP contribution in [0.5, 0.6) is 0 Å². The van der Waals surface area contributed by atoms with Gasteiger partial charge in [-0.15, -0.1) is 0 Å². The molecular weight excluding hydrogens is 164 g/mol. The zero-order valence-electron chi connectivity index (χ0n) is 6.60. The van der Waals surface area contributed by atoms with Crippen LogP contribution in [0.3, 0.4) is 0 Å². The summed E-state index contributed by atoms with van der Waals surface area (Å²) in [4.78, 5) is 14.4. The summed E-state index contributed by atoms with van der Waals surface area (Å²) in [5.74, 6) is 0. The Hall–Kier alpha value is -0.830. The molecule has 0 bridgehead atoms. The number of allylic oxidation sites excluding steroid dienone is 2. The Kier molecular flexibility index (Phi) is 4.54. The highest BCUT2D eigenvalue weighted by atomic mass is 35.5. The summed E-state index contributed by atoms with van der Waals surface area (Å²) in [6, 6.07) is 0. The zero-order chi connectivity index (χ0) is 8.85. The summed E-state index contributed by atoms with van der Waals surface area (Å²) in [5, 5.41) is -0.643. The van der Waals surface area contributed by atoms with Crippen LogP contribution in [0.1, 0.15) is 13.8 Å². The number of nitrogens with zero attached hydrogens (tertiary/aromatic N) is 1. The van der Waals surface area contributed by atoms with Crippen LogP contribution in [0.2, 0.25) is 0 Å². The molecular formula is C7H11ClN2O. The quantitative estimate of drug-likeness (QED) is 0.396. The number of nitrogens with two attached hydrogens (primary N) is 1. The van der Waals surface area contributed by atoms with Gasteiger partial charge in [0.15, 0.2) is 0 Å². The highest BCUT2D eigenvalue weighted by Crippen LogP contribution is 1.92. The standard InChI is InChI=1S/C7H11ClN2O/c1-3-10-5(2)4-6(9)7(8)11/h4H,3,9H2,1-2H3. The summed E-state index contributed by atoms with van der Waals surface area (Å²) in [6.07, 6.45) is 1.46. The number of hydrogen-bond acceptors (Lipinski definition) is 3. The minimum Gasteiger partial charge on any atom is -0.395 e. The molecule has 0 atom stereocenters. The molecule has 0 heterocycles. The maximum Gasteiger partial charge on any atom is 0.268 e. The van der Waals surface area contributed by atoms with E-state index in [0.29, 0.717) is 12.3 Å². The Morgan fingerprint density at radius 3 is 2.64 bits per heavy atom. The minimum absolute atomic E-state index is 0.0290. The molecule has 3 nitrogen and oxygen atoms in total. The van der Waals surface area contributed by atoms with E-state index in [0.717, 1.165) is 0 Å². The Morgan fingerprint density at radius 1 is 1.73 bits per heavy atom. The monoisotopic (exact) mass is 174 g/mol. The van der Waals surface area contributed by atoms with Crippen molar-refractivity contribution in [1.29, 1.82) is 0 Å². The molecule has 0 aromatic carbocycles. The molecule has 0 spiro atoms. The summed E-state index contributed by atoms with van der Waals surface area (Å²) in [7, 11) is 0. The van der Waals surface area contributed by atoms with Crippen molar-refractivity contribution >= 4 is 22.6 Å². The van der Waals surface area contributed by atoms with E-state index in [9.17, 15) is 4.79 Å². The van der Waals surface area contributed by atoms with Gasteiger partial charge in [-0.1, -0.05) is 0 Å². The fraction of sp³-hybridized carbons (Fsp3) is 0.429. The van der Waals surface area contributed by atoms with Crippen molar-refractivity contribution < 1.29 is 4.79 Å². The molecule has 0 fully saturated rings. The Balaban J connectivity index is 4.30. The maximum absolute atomic E-state index is 10.4. The lowest BCUT2D eigenvalue weighted by molar-refractivity contribution is -0.108. The lowest BCUT2D eigenvalue weighted by Gasteiger charge is -1.92. The smallest absolute Gasteiger partial charge is 0.268 e. The predicted octanol–water partition coefficient (Wildman–Crippen LogP) is 1.08. The van der Waals surface area contributed by atoms with Crippen molar-refractivity contribution in [2.24, 2.45) is 10.7 Å². The second-order valence-electron chi connectivity index (χ2n) is 1.99. The topological polar surface area (TPSA) is 55.4 Å². The number of aliphatic imine (C=N–C) groups is 1. The molecule has 0 aliphatic heterocycles. The van der Waals surface area contributed by atoms with E-state index in [1.807, 2.05) is 6.92 Å². The number of carbonyl (C=O) groups is 1. The number of rotatable bonds is 3. The van der Waals surface area contributed by atoms with E-state index in [-0.39, 0.29) is 5.70 Å². The average Bonchev–Trinajstić information content (AvgIpc) is 1.87. The van der Waals surface area contributed by atoms with Crippen molar-refractivity contribution in [3.63, 3.8) is 0 Å². The first-order valence-corrected chi connectivity index (χ1v) is 3.63. The van der Waals surface area contributed by atoms with Crippen molar-refractivity contribution in [3.05, 3.63) is 11.8 Å². The summed E-state index contributed by atoms with van der Waals surface area (Å²) in [5.41, 5.74) is 5.98. The van der Waals surface area contributed by atoms with Gasteiger partial charge in [-0.25, -0.2) is 0 Å². The summed E-state index contributed by atoms with van der Waals surface area (Å²) >= 11 is 5.09. The van der Waals surface area contributed by atoms with Gasteiger partial charge in [0.2, 0.25) is 0 Å². The SMILES string of the molecule is CCN=C(C)C=C(N)C(=O)Cl. The molecule has 0 amide bonds. The van der Waals surface area contributed by atoms with E-state index in [2.05, 4.69) is 4.99 Å². The van der Waals surface area contributed by atoms with Gasteiger partial charge in [-0.3, -0.25) is 9.79 Å². The van der Waals surface area contributed by atoms with Crippen LogP contribution in [0, 0.1) is 0 Å². The molecule has 62 valence electrons. The Bertz CT molecular complexity index is 208. The highest BCUT2D eigenvalue weighted by molar-refractivity contribution is 6.67. The molecule has 0 aromatic heterocycles. The van der Waals surface area contributed by atoms with E-state index >= 15 is 0 Å². The first-order chi connectivity index (χ1) is 5.07. The summed E-state index contributed by atoms with van der Waals surface area (Å²) in [6.45, 7) is 4.33. The molecule has 0 aromatic rings. The van der Waals surface area contributed by atoms with Crippen molar-refractivity contribution in [2.45, 2.75) is 13.8 Å². The number of carbonyl (C=O) groups excluding carboxylic acids is 1. The first-order valence-electron chi connectivity index (χ1n) is 3.26. The molecule has 4 heteroatoms. The maximum atomic E-state index is 10.4. The normalized spacial score (nSPS) is 13.4. The van der Waals surface area contributed by atoms with Crippen LogP contribution in [0.15, 0.2) is 16.8 Å². The first kappa shape index (κ1) is 10.2. The van der Waals surface area contributed by atoms with Crippen LogP contribution in [-0.4, -0.2) is 17.5 Å². The molecule has 0 aliphatic carbocycles. The third kappa shape index (κ3) is 4.56. The molecule has 2 N–H and O–H groups in total. The lowest BCUT2D eigenvalue weighted by Crippen LogP contribution is -2.06.